The van der Waals surface area contributed by atoms with E-state index in [0.717, 1.165) is 32.1 Å². The summed E-state index contributed by atoms with van der Waals surface area (Å²) in [6.07, 6.45) is 4.91. The van der Waals surface area contributed by atoms with Crippen LogP contribution < -0.4 is 5.73 Å². The van der Waals surface area contributed by atoms with Crippen LogP contribution >= 0.6 is 12.2 Å². The van der Waals surface area contributed by atoms with Gasteiger partial charge in [-0.05, 0) is 19.8 Å². The Labute approximate surface area is 114 Å². The topological polar surface area (TPSA) is 83.6 Å². The predicted molar refractivity (Wildman–Crippen MR) is 75.8 cm³/mol. The quantitative estimate of drug-likeness (QED) is 0.702. The number of hydrogen-bond acceptors (Lipinski definition) is 4. The Balaban J connectivity index is 2.92. The van der Waals surface area contributed by atoms with Crippen LogP contribution in [0.25, 0.3) is 0 Å². The van der Waals surface area contributed by atoms with Crippen molar-refractivity contribution in [2.45, 2.75) is 50.3 Å². The average molecular weight is 294 g/mol. The molecule has 1 atom stereocenters. The molecular formula is C11H22N2O3S2. The van der Waals surface area contributed by atoms with Gasteiger partial charge in [-0.1, -0.05) is 31.5 Å². The average Bonchev–Trinajstić information content (AvgIpc) is 2.35. The first-order valence-corrected chi connectivity index (χ1v) is 8.23. The van der Waals surface area contributed by atoms with Gasteiger partial charge < -0.3 is 10.8 Å². The number of thiocarbonyl (C=S) groups is 1. The molecule has 0 aromatic carbocycles. The van der Waals surface area contributed by atoms with Gasteiger partial charge in [0.25, 0.3) is 0 Å². The summed E-state index contributed by atoms with van der Waals surface area (Å²) in [7, 11) is -3.55. The molecule has 0 aliphatic heterocycles. The van der Waals surface area contributed by atoms with Crippen molar-refractivity contribution in [1.82, 2.24) is 4.31 Å². The molecule has 1 unspecified atom stereocenters. The van der Waals surface area contributed by atoms with Gasteiger partial charge in [-0.3, -0.25) is 0 Å². The van der Waals surface area contributed by atoms with E-state index in [1.165, 1.54) is 11.2 Å². The second-order valence-electron chi connectivity index (χ2n) is 4.72. The van der Waals surface area contributed by atoms with E-state index in [9.17, 15) is 8.42 Å². The predicted octanol–water partition coefficient (Wildman–Crippen LogP) is 0.618. The maximum Gasteiger partial charge on any atom is 0.223 e. The van der Waals surface area contributed by atoms with Crippen LogP contribution in [0.1, 0.15) is 39.0 Å². The number of aliphatic hydroxyl groups excluding tert-OH is 1. The number of aliphatic hydroxyl groups is 1. The molecule has 0 radical (unpaired) electrons. The summed E-state index contributed by atoms with van der Waals surface area (Å²) in [5.41, 5.74) is 5.45. The molecule has 0 amide bonds. The van der Waals surface area contributed by atoms with Crippen LogP contribution in [0.3, 0.4) is 0 Å². The van der Waals surface area contributed by atoms with Crippen LogP contribution in [0.15, 0.2) is 0 Å². The summed E-state index contributed by atoms with van der Waals surface area (Å²) < 4.78 is 26.2. The van der Waals surface area contributed by atoms with Crippen molar-refractivity contribution in [1.29, 1.82) is 0 Å². The number of hydrogen-bond donors (Lipinski definition) is 2. The van der Waals surface area contributed by atoms with E-state index in [1.54, 1.807) is 0 Å². The lowest BCUT2D eigenvalue weighted by Gasteiger charge is -2.34. The number of sulfonamides is 1. The van der Waals surface area contributed by atoms with Gasteiger partial charge in [0.05, 0.1) is 11.6 Å². The second-order valence-corrected chi connectivity index (χ2v) is 7.39. The summed E-state index contributed by atoms with van der Waals surface area (Å²) in [5.74, 6) is 0. The Bertz CT molecular complexity index is 378. The van der Waals surface area contributed by atoms with E-state index in [4.69, 9.17) is 23.1 Å². The van der Waals surface area contributed by atoms with Crippen molar-refractivity contribution < 1.29 is 13.5 Å². The normalized spacial score (nSPS) is 19.9. The first kappa shape index (κ1) is 15.8. The highest BCUT2D eigenvalue weighted by molar-refractivity contribution is 7.92. The smallest absolute Gasteiger partial charge is 0.223 e. The molecule has 18 heavy (non-hydrogen) atoms. The SMILES string of the molecule is CC(C(N)=S)S(=O)(=O)N(CCO)C1CCCCC1. The van der Waals surface area contributed by atoms with E-state index < -0.39 is 15.3 Å². The number of nitrogens with zero attached hydrogens (tertiary/aromatic N) is 1. The largest absolute Gasteiger partial charge is 0.395 e. The highest BCUT2D eigenvalue weighted by Crippen LogP contribution is 2.26. The molecule has 1 aliphatic carbocycles. The number of rotatable bonds is 6. The van der Waals surface area contributed by atoms with Gasteiger partial charge in [0.15, 0.2) is 0 Å². The Morgan fingerprint density at radius 2 is 2.00 bits per heavy atom. The van der Waals surface area contributed by atoms with E-state index in [2.05, 4.69) is 0 Å². The minimum atomic E-state index is -3.55. The van der Waals surface area contributed by atoms with Crippen molar-refractivity contribution in [2.24, 2.45) is 5.73 Å². The lowest BCUT2D eigenvalue weighted by molar-refractivity contribution is 0.199. The summed E-state index contributed by atoms with van der Waals surface area (Å²) in [5, 5.41) is 8.21. The second kappa shape index (κ2) is 6.79. The third-order valence-corrected chi connectivity index (χ3v) is 6.26. The van der Waals surface area contributed by atoms with Crippen LogP contribution in [0.5, 0.6) is 0 Å². The lowest BCUT2D eigenvalue weighted by atomic mass is 9.95. The molecule has 0 aromatic heterocycles. The summed E-state index contributed by atoms with van der Waals surface area (Å²) in [6, 6.07) is -0.0206. The zero-order valence-corrected chi connectivity index (χ0v) is 12.3. The zero-order valence-electron chi connectivity index (χ0n) is 10.7. The third-order valence-electron chi connectivity index (χ3n) is 3.48. The maximum atomic E-state index is 12.4. The molecule has 1 aliphatic rings. The molecule has 7 heteroatoms. The molecule has 3 N–H and O–H groups in total. The van der Waals surface area contributed by atoms with Crippen LogP contribution in [0.4, 0.5) is 0 Å². The van der Waals surface area contributed by atoms with Crippen molar-refractivity contribution >= 4 is 27.2 Å². The Morgan fingerprint density at radius 3 is 2.44 bits per heavy atom. The maximum absolute atomic E-state index is 12.4. The van der Waals surface area contributed by atoms with Crippen LogP contribution in [-0.2, 0) is 10.0 Å². The molecule has 1 fully saturated rings. The van der Waals surface area contributed by atoms with Crippen molar-refractivity contribution in [3.05, 3.63) is 0 Å². The highest BCUT2D eigenvalue weighted by Gasteiger charge is 2.35. The summed E-state index contributed by atoms with van der Waals surface area (Å²) >= 11 is 4.78. The van der Waals surface area contributed by atoms with Gasteiger partial charge in [0.2, 0.25) is 10.0 Å². The van der Waals surface area contributed by atoms with E-state index in [1.807, 2.05) is 0 Å². The van der Waals surface area contributed by atoms with E-state index >= 15 is 0 Å². The molecule has 1 rings (SSSR count). The standard InChI is InChI=1S/C11H22N2O3S2/c1-9(11(12)17)18(15,16)13(7-8-14)10-5-3-2-4-6-10/h9-10,14H,2-8H2,1H3,(H2,12,17). The minimum absolute atomic E-state index is 0.0197. The first-order valence-electron chi connectivity index (χ1n) is 6.32. The molecule has 0 bridgehead atoms. The summed E-state index contributed by atoms with van der Waals surface area (Å²) in [4.78, 5) is -0.0197. The number of nitrogens with two attached hydrogens (primary N) is 1. The molecular weight excluding hydrogens is 272 g/mol. The molecule has 1 saturated carbocycles. The van der Waals surface area contributed by atoms with Gasteiger partial charge in [-0.25, -0.2) is 8.42 Å². The van der Waals surface area contributed by atoms with Gasteiger partial charge in [-0.2, -0.15) is 4.31 Å². The Kier molecular flexibility index (Phi) is 5.97. The molecule has 0 saturated heterocycles. The van der Waals surface area contributed by atoms with Crippen LogP contribution in [0.2, 0.25) is 0 Å². The minimum Gasteiger partial charge on any atom is -0.395 e. The van der Waals surface area contributed by atoms with Gasteiger partial charge in [0.1, 0.15) is 5.25 Å². The molecule has 0 heterocycles. The zero-order chi connectivity index (χ0) is 13.8. The third kappa shape index (κ3) is 3.63. The van der Waals surface area contributed by atoms with E-state index in [0.29, 0.717) is 0 Å². The monoisotopic (exact) mass is 294 g/mol. The lowest BCUT2D eigenvalue weighted by Crippen LogP contribution is -2.49. The van der Waals surface area contributed by atoms with Crippen molar-refractivity contribution in [2.75, 3.05) is 13.2 Å². The first-order chi connectivity index (χ1) is 8.41. The molecule has 106 valence electrons. The highest BCUT2D eigenvalue weighted by atomic mass is 32.2. The van der Waals surface area contributed by atoms with Gasteiger partial charge >= 0.3 is 0 Å². The van der Waals surface area contributed by atoms with Gasteiger partial charge in [0, 0.05) is 12.6 Å². The molecule has 0 spiro atoms. The van der Waals surface area contributed by atoms with Gasteiger partial charge in [-0.15, -0.1) is 0 Å². The van der Waals surface area contributed by atoms with Crippen molar-refractivity contribution in [3.8, 4) is 0 Å². The van der Waals surface area contributed by atoms with Crippen LogP contribution in [-0.4, -0.2) is 47.3 Å². The molecule has 5 nitrogen and oxygen atoms in total. The fraction of sp³-hybridized carbons (Fsp3) is 0.909. The molecule has 0 aromatic rings. The fourth-order valence-corrected chi connectivity index (χ4v) is 4.36. The Hall–Kier alpha value is -0.240. The Morgan fingerprint density at radius 1 is 1.44 bits per heavy atom. The van der Waals surface area contributed by atoms with Crippen molar-refractivity contribution in [3.63, 3.8) is 0 Å². The fourth-order valence-electron chi connectivity index (χ4n) is 2.34. The summed E-state index contributed by atoms with van der Waals surface area (Å²) in [6.45, 7) is 1.45. The van der Waals surface area contributed by atoms with E-state index in [-0.39, 0.29) is 24.2 Å². The van der Waals surface area contributed by atoms with Crippen LogP contribution in [0, 0.1) is 0 Å².